The van der Waals surface area contributed by atoms with Crippen molar-refractivity contribution in [1.29, 1.82) is 0 Å². The van der Waals surface area contributed by atoms with Gasteiger partial charge in [0, 0.05) is 18.2 Å². The lowest BCUT2D eigenvalue weighted by Gasteiger charge is -2.03. The van der Waals surface area contributed by atoms with Crippen LogP contribution in [-0.2, 0) is 11.3 Å². The van der Waals surface area contributed by atoms with Crippen LogP contribution in [-0.4, -0.2) is 22.2 Å². The summed E-state index contributed by atoms with van der Waals surface area (Å²) in [5.41, 5.74) is 2.72. The van der Waals surface area contributed by atoms with Crippen LogP contribution in [0.3, 0.4) is 0 Å². The molecule has 0 spiro atoms. The SMILES string of the molecule is CCCNC(=O)/C=C/c1c(C)nn(Cc2ccccc2)c1Cl. The van der Waals surface area contributed by atoms with Crippen molar-refractivity contribution in [3.8, 4) is 0 Å². The van der Waals surface area contributed by atoms with Gasteiger partial charge in [-0.1, -0.05) is 48.9 Å². The van der Waals surface area contributed by atoms with Crippen LogP contribution in [0.1, 0.15) is 30.2 Å². The second-order valence-electron chi connectivity index (χ2n) is 5.06. The Kier molecular flexibility index (Phi) is 5.78. The monoisotopic (exact) mass is 317 g/mol. The first-order valence-corrected chi connectivity index (χ1v) is 7.72. The van der Waals surface area contributed by atoms with E-state index in [1.165, 1.54) is 6.08 Å². The lowest BCUT2D eigenvalue weighted by atomic mass is 10.2. The van der Waals surface area contributed by atoms with Crippen LogP contribution in [0.5, 0.6) is 0 Å². The lowest BCUT2D eigenvalue weighted by molar-refractivity contribution is -0.116. The molecule has 1 N–H and O–H groups in total. The maximum Gasteiger partial charge on any atom is 0.244 e. The fourth-order valence-electron chi connectivity index (χ4n) is 2.08. The first-order valence-electron chi connectivity index (χ1n) is 7.34. The summed E-state index contributed by atoms with van der Waals surface area (Å²) in [6.07, 6.45) is 4.13. The van der Waals surface area contributed by atoms with Crippen LogP contribution in [0.4, 0.5) is 0 Å². The summed E-state index contributed by atoms with van der Waals surface area (Å²) in [7, 11) is 0. The molecule has 1 heterocycles. The van der Waals surface area contributed by atoms with E-state index in [0.29, 0.717) is 18.2 Å². The first kappa shape index (κ1) is 16.3. The van der Waals surface area contributed by atoms with Crippen molar-refractivity contribution in [2.24, 2.45) is 0 Å². The van der Waals surface area contributed by atoms with E-state index in [0.717, 1.165) is 23.2 Å². The Labute approximate surface area is 135 Å². The molecule has 1 aromatic carbocycles. The minimum absolute atomic E-state index is 0.117. The van der Waals surface area contributed by atoms with E-state index in [1.54, 1.807) is 10.8 Å². The van der Waals surface area contributed by atoms with E-state index in [4.69, 9.17) is 11.6 Å². The molecule has 0 radical (unpaired) electrons. The molecule has 1 amide bonds. The number of nitrogens with one attached hydrogen (secondary N) is 1. The summed E-state index contributed by atoms with van der Waals surface area (Å²) >= 11 is 6.38. The number of carbonyl (C=O) groups is 1. The van der Waals surface area contributed by atoms with Gasteiger partial charge in [-0.3, -0.25) is 4.79 Å². The summed E-state index contributed by atoms with van der Waals surface area (Å²) in [4.78, 5) is 11.6. The smallest absolute Gasteiger partial charge is 0.244 e. The molecule has 0 aliphatic heterocycles. The number of rotatable bonds is 6. The molecular weight excluding hydrogens is 298 g/mol. The zero-order valence-corrected chi connectivity index (χ0v) is 13.6. The fourth-order valence-corrected chi connectivity index (χ4v) is 2.38. The van der Waals surface area contributed by atoms with Crippen molar-refractivity contribution in [3.05, 3.63) is 58.4 Å². The third kappa shape index (κ3) is 4.21. The van der Waals surface area contributed by atoms with Crippen molar-refractivity contribution >= 4 is 23.6 Å². The van der Waals surface area contributed by atoms with Gasteiger partial charge in [-0.2, -0.15) is 5.10 Å². The molecule has 0 atom stereocenters. The molecule has 2 rings (SSSR count). The predicted octanol–water partition coefficient (Wildman–Crippen LogP) is 3.43. The van der Waals surface area contributed by atoms with E-state index < -0.39 is 0 Å². The van der Waals surface area contributed by atoms with E-state index >= 15 is 0 Å². The van der Waals surface area contributed by atoms with Gasteiger partial charge >= 0.3 is 0 Å². The van der Waals surface area contributed by atoms with Crippen LogP contribution in [0.2, 0.25) is 5.15 Å². The summed E-state index contributed by atoms with van der Waals surface area (Å²) in [6, 6.07) is 10.0. The second kappa shape index (κ2) is 7.80. The van der Waals surface area contributed by atoms with Gasteiger partial charge in [0.25, 0.3) is 0 Å². The zero-order valence-electron chi connectivity index (χ0n) is 12.8. The molecular formula is C17H20ClN3O. The number of hydrogen-bond acceptors (Lipinski definition) is 2. The van der Waals surface area contributed by atoms with E-state index in [9.17, 15) is 4.79 Å². The van der Waals surface area contributed by atoms with Gasteiger partial charge in [0.15, 0.2) is 0 Å². The van der Waals surface area contributed by atoms with Crippen molar-refractivity contribution in [2.75, 3.05) is 6.54 Å². The standard InChI is InChI=1S/C17H20ClN3O/c1-3-11-19-16(22)10-9-15-13(2)20-21(17(15)18)12-14-7-5-4-6-8-14/h4-10H,3,11-12H2,1-2H3,(H,19,22)/b10-9+. The highest BCUT2D eigenvalue weighted by molar-refractivity contribution is 6.31. The van der Waals surface area contributed by atoms with Crippen molar-refractivity contribution in [3.63, 3.8) is 0 Å². The van der Waals surface area contributed by atoms with Crippen LogP contribution in [0.15, 0.2) is 36.4 Å². The summed E-state index contributed by atoms with van der Waals surface area (Å²) in [6.45, 7) is 5.18. The highest BCUT2D eigenvalue weighted by atomic mass is 35.5. The fraction of sp³-hybridized carbons (Fsp3) is 0.294. The minimum atomic E-state index is -0.117. The average molecular weight is 318 g/mol. The molecule has 116 valence electrons. The summed E-state index contributed by atoms with van der Waals surface area (Å²) in [5.74, 6) is -0.117. The molecule has 0 unspecified atom stereocenters. The van der Waals surface area contributed by atoms with Crippen molar-refractivity contribution < 1.29 is 4.79 Å². The number of benzene rings is 1. The summed E-state index contributed by atoms with van der Waals surface area (Å²) < 4.78 is 1.75. The number of aryl methyl sites for hydroxylation is 1. The first-order chi connectivity index (χ1) is 10.6. The lowest BCUT2D eigenvalue weighted by Crippen LogP contribution is -2.21. The molecule has 0 saturated heterocycles. The predicted molar refractivity (Wildman–Crippen MR) is 89.9 cm³/mol. The van der Waals surface area contributed by atoms with Crippen LogP contribution in [0, 0.1) is 6.92 Å². The Bertz CT molecular complexity index is 662. The van der Waals surface area contributed by atoms with Crippen molar-refractivity contribution in [1.82, 2.24) is 15.1 Å². The molecule has 5 heteroatoms. The van der Waals surface area contributed by atoms with Gasteiger partial charge in [-0.25, -0.2) is 4.68 Å². The molecule has 0 aliphatic rings. The maximum atomic E-state index is 11.6. The third-order valence-corrected chi connectivity index (χ3v) is 3.63. The number of amides is 1. The van der Waals surface area contributed by atoms with Crippen molar-refractivity contribution in [2.45, 2.75) is 26.8 Å². The largest absolute Gasteiger partial charge is 0.353 e. The van der Waals surface area contributed by atoms with Crippen LogP contribution < -0.4 is 5.32 Å². The molecule has 22 heavy (non-hydrogen) atoms. The minimum Gasteiger partial charge on any atom is -0.353 e. The Morgan fingerprint density at radius 1 is 1.36 bits per heavy atom. The number of carbonyl (C=O) groups excluding carboxylic acids is 1. The van der Waals surface area contributed by atoms with E-state index in [2.05, 4.69) is 10.4 Å². The Morgan fingerprint density at radius 3 is 2.77 bits per heavy atom. The van der Waals surface area contributed by atoms with Gasteiger partial charge in [0.05, 0.1) is 12.2 Å². The van der Waals surface area contributed by atoms with Gasteiger partial charge in [0.1, 0.15) is 5.15 Å². The van der Waals surface area contributed by atoms with Gasteiger partial charge in [-0.15, -0.1) is 0 Å². The third-order valence-electron chi connectivity index (χ3n) is 3.24. The average Bonchev–Trinajstić information content (AvgIpc) is 2.78. The Balaban J connectivity index is 2.13. The number of nitrogens with zero attached hydrogens (tertiary/aromatic N) is 2. The summed E-state index contributed by atoms with van der Waals surface area (Å²) in [5, 5.41) is 7.78. The molecule has 0 fully saturated rings. The zero-order chi connectivity index (χ0) is 15.9. The van der Waals surface area contributed by atoms with Gasteiger partial charge in [-0.05, 0) is 25.0 Å². The molecule has 0 saturated carbocycles. The van der Waals surface area contributed by atoms with Crippen LogP contribution >= 0.6 is 11.6 Å². The number of aromatic nitrogens is 2. The van der Waals surface area contributed by atoms with E-state index in [-0.39, 0.29) is 5.91 Å². The number of halogens is 1. The van der Waals surface area contributed by atoms with Gasteiger partial charge < -0.3 is 5.32 Å². The van der Waals surface area contributed by atoms with Gasteiger partial charge in [0.2, 0.25) is 5.91 Å². The molecule has 0 aliphatic carbocycles. The topological polar surface area (TPSA) is 46.9 Å². The molecule has 1 aromatic heterocycles. The normalized spacial score (nSPS) is 11.0. The Hall–Kier alpha value is -2.07. The second-order valence-corrected chi connectivity index (χ2v) is 5.42. The molecule has 4 nitrogen and oxygen atoms in total. The quantitative estimate of drug-likeness (QED) is 0.830. The van der Waals surface area contributed by atoms with Crippen LogP contribution in [0.25, 0.3) is 6.08 Å². The molecule has 2 aromatic rings. The molecule has 0 bridgehead atoms. The van der Waals surface area contributed by atoms with E-state index in [1.807, 2.05) is 44.2 Å². The number of hydrogen-bond donors (Lipinski definition) is 1. The maximum absolute atomic E-state index is 11.6. The Morgan fingerprint density at radius 2 is 2.09 bits per heavy atom. The highest BCUT2D eigenvalue weighted by Gasteiger charge is 2.11. The highest BCUT2D eigenvalue weighted by Crippen LogP contribution is 2.22.